The van der Waals surface area contributed by atoms with Gasteiger partial charge in [0.2, 0.25) is 0 Å². The van der Waals surface area contributed by atoms with Crippen LogP contribution in [0.15, 0.2) is 54.4 Å². The molecule has 1 aromatic carbocycles. The van der Waals surface area contributed by atoms with Gasteiger partial charge in [0.05, 0.1) is 0 Å². The molecule has 1 N–H and O–H groups in total. The van der Waals surface area contributed by atoms with Gasteiger partial charge in [0, 0.05) is 57.8 Å². The summed E-state index contributed by atoms with van der Waals surface area (Å²) in [6, 6.07) is 10.6. The Morgan fingerprint density at radius 2 is 1.93 bits per heavy atom. The average molecular weight is 383 g/mol. The van der Waals surface area contributed by atoms with E-state index in [-0.39, 0.29) is 6.61 Å². The number of aromatic nitrogens is 2. The summed E-state index contributed by atoms with van der Waals surface area (Å²) in [4.78, 5) is 13.1. The maximum atomic E-state index is 9.46. The number of hydrogen-bond acceptors (Lipinski definition) is 6. The van der Waals surface area contributed by atoms with Gasteiger partial charge in [-0.3, -0.25) is 9.80 Å². The van der Waals surface area contributed by atoms with Crippen molar-refractivity contribution in [2.24, 2.45) is 0 Å². The summed E-state index contributed by atoms with van der Waals surface area (Å²) < 4.78 is 5.66. The third kappa shape index (κ3) is 6.12. The van der Waals surface area contributed by atoms with Crippen molar-refractivity contribution in [3.8, 4) is 11.8 Å². The largest absolute Gasteiger partial charge is 0.424 e. The molecule has 0 spiro atoms. The van der Waals surface area contributed by atoms with E-state index in [9.17, 15) is 5.11 Å². The summed E-state index contributed by atoms with van der Waals surface area (Å²) in [7, 11) is 0. The summed E-state index contributed by atoms with van der Waals surface area (Å²) in [5.74, 6) is 0.736. The Morgan fingerprint density at radius 3 is 2.61 bits per heavy atom. The number of aliphatic hydroxyl groups is 1. The Balaban J connectivity index is 1.55. The fourth-order valence-corrected chi connectivity index (χ4v) is 3.43. The number of benzene rings is 1. The fourth-order valence-electron chi connectivity index (χ4n) is 3.43. The zero-order valence-electron chi connectivity index (χ0n) is 16.8. The lowest BCUT2D eigenvalue weighted by atomic mass is 10.1. The molecule has 0 bridgehead atoms. The Morgan fingerprint density at radius 1 is 1.18 bits per heavy atom. The molecule has 1 aliphatic rings. The van der Waals surface area contributed by atoms with Gasteiger partial charge >= 0.3 is 6.01 Å². The minimum absolute atomic E-state index is 0.234. The zero-order chi connectivity index (χ0) is 19.8. The van der Waals surface area contributed by atoms with Crippen LogP contribution in [0.3, 0.4) is 0 Å². The highest BCUT2D eigenvalue weighted by Gasteiger charge is 2.25. The molecule has 6 nitrogen and oxygen atoms in total. The molecule has 1 saturated heterocycles. The Bertz CT molecular complexity index is 745. The van der Waals surface area contributed by atoms with E-state index < -0.39 is 0 Å². The number of aliphatic hydroxyl groups excluding tert-OH is 1. The molecule has 3 rings (SSSR count). The van der Waals surface area contributed by atoms with Crippen molar-refractivity contribution in [1.82, 2.24) is 19.8 Å². The first kappa shape index (κ1) is 20.5. The van der Waals surface area contributed by atoms with E-state index in [4.69, 9.17) is 4.74 Å². The average Bonchev–Trinajstić information content (AvgIpc) is 2.70. The van der Waals surface area contributed by atoms with Gasteiger partial charge in [-0.25, -0.2) is 9.97 Å². The van der Waals surface area contributed by atoms with Gasteiger partial charge < -0.3 is 9.84 Å². The molecule has 2 heterocycles. The van der Waals surface area contributed by atoms with Crippen LogP contribution in [0.1, 0.15) is 25.8 Å². The molecule has 0 saturated carbocycles. The van der Waals surface area contributed by atoms with Gasteiger partial charge in [-0.05, 0) is 44.0 Å². The molecule has 1 aliphatic heterocycles. The van der Waals surface area contributed by atoms with Crippen LogP contribution < -0.4 is 4.74 Å². The van der Waals surface area contributed by atoms with E-state index in [1.54, 1.807) is 18.5 Å². The third-order valence-corrected chi connectivity index (χ3v) is 4.97. The molecular weight excluding hydrogens is 352 g/mol. The third-order valence-electron chi connectivity index (χ3n) is 4.97. The van der Waals surface area contributed by atoms with Crippen molar-refractivity contribution >= 4 is 0 Å². The van der Waals surface area contributed by atoms with Crippen LogP contribution in [0.25, 0.3) is 0 Å². The van der Waals surface area contributed by atoms with E-state index in [0.29, 0.717) is 12.1 Å². The van der Waals surface area contributed by atoms with Crippen LogP contribution in [-0.2, 0) is 6.54 Å². The highest BCUT2D eigenvalue weighted by molar-refractivity contribution is 5.29. The summed E-state index contributed by atoms with van der Waals surface area (Å²) in [5, 5.41) is 9.46. The molecule has 150 valence electrons. The van der Waals surface area contributed by atoms with Gasteiger partial charge in [0.25, 0.3) is 0 Å². The van der Waals surface area contributed by atoms with E-state index >= 15 is 0 Å². The van der Waals surface area contributed by atoms with E-state index in [1.807, 2.05) is 12.1 Å². The van der Waals surface area contributed by atoms with Crippen molar-refractivity contribution in [2.45, 2.75) is 32.9 Å². The Kier molecular flexibility index (Phi) is 7.54. The quantitative estimate of drug-likeness (QED) is 0.708. The molecule has 1 aromatic heterocycles. The van der Waals surface area contributed by atoms with Crippen molar-refractivity contribution in [2.75, 3.05) is 32.8 Å². The van der Waals surface area contributed by atoms with Crippen LogP contribution in [0.4, 0.5) is 0 Å². The van der Waals surface area contributed by atoms with Crippen LogP contribution >= 0.6 is 0 Å². The van der Waals surface area contributed by atoms with Crippen LogP contribution in [0.5, 0.6) is 11.8 Å². The molecule has 6 heteroatoms. The summed E-state index contributed by atoms with van der Waals surface area (Å²) in [6.07, 6.45) is 6.42. The molecular formula is C22H30N4O2. The van der Waals surface area contributed by atoms with Crippen LogP contribution in [-0.4, -0.2) is 63.7 Å². The highest BCUT2D eigenvalue weighted by Crippen LogP contribution is 2.20. The second-order valence-electron chi connectivity index (χ2n) is 7.46. The molecule has 0 aliphatic carbocycles. The molecule has 0 amide bonds. The maximum absolute atomic E-state index is 9.46. The summed E-state index contributed by atoms with van der Waals surface area (Å²) in [5.41, 5.74) is 2.59. The predicted octanol–water partition coefficient (Wildman–Crippen LogP) is 3.10. The van der Waals surface area contributed by atoms with Crippen molar-refractivity contribution in [3.63, 3.8) is 0 Å². The Hall–Kier alpha value is -2.28. The SMILES string of the molecule is CC(C)=CCN1CCN(Cc2ccc(Oc3ncccn3)cc2)C[C@@H]1CCO. The summed E-state index contributed by atoms with van der Waals surface area (Å²) in [6.45, 7) is 9.42. The number of nitrogens with zero attached hydrogens (tertiary/aromatic N) is 4. The van der Waals surface area contributed by atoms with Gasteiger partial charge in [-0.15, -0.1) is 0 Å². The first-order chi connectivity index (χ1) is 13.6. The highest BCUT2D eigenvalue weighted by atomic mass is 16.5. The normalized spacial score (nSPS) is 18.0. The minimum atomic E-state index is 0.234. The van der Waals surface area contributed by atoms with Crippen molar-refractivity contribution < 1.29 is 9.84 Å². The number of piperazine rings is 1. The molecule has 0 unspecified atom stereocenters. The molecule has 1 atom stereocenters. The van der Waals surface area contributed by atoms with Crippen molar-refractivity contribution in [3.05, 3.63) is 59.9 Å². The maximum Gasteiger partial charge on any atom is 0.321 e. The first-order valence-corrected chi connectivity index (χ1v) is 9.88. The topological polar surface area (TPSA) is 61.7 Å². The van der Waals surface area contributed by atoms with Gasteiger partial charge in [-0.1, -0.05) is 23.8 Å². The first-order valence-electron chi connectivity index (χ1n) is 9.88. The lowest BCUT2D eigenvalue weighted by Crippen LogP contribution is -2.53. The predicted molar refractivity (Wildman–Crippen MR) is 110 cm³/mol. The summed E-state index contributed by atoms with van der Waals surface area (Å²) >= 11 is 0. The lowest BCUT2D eigenvalue weighted by Gasteiger charge is -2.41. The second-order valence-corrected chi connectivity index (χ2v) is 7.46. The molecule has 28 heavy (non-hydrogen) atoms. The second kappa shape index (κ2) is 10.3. The number of hydrogen-bond donors (Lipinski definition) is 1. The van der Waals surface area contributed by atoms with Gasteiger partial charge in [-0.2, -0.15) is 0 Å². The van der Waals surface area contributed by atoms with Crippen molar-refractivity contribution in [1.29, 1.82) is 0 Å². The standard InChI is InChI=1S/C22H30N4O2/c1-18(2)8-12-26-14-13-25(17-20(26)9-15-27)16-19-4-6-21(7-5-19)28-22-23-10-3-11-24-22/h3-8,10-11,20,27H,9,12-17H2,1-2H3/t20-/m0/s1. The van der Waals surface area contributed by atoms with Gasteiger partial charge in [0.15, 0.2) is 0 Å². The van der Waals surface area contributed by atoms with Crippen LogP contribution in [0, 0.1) is 0 Å². The number of rotatable bonds is 8. The Labute approximate surface area is 167 Å². The minimum Gasteiger partial charge on any atom is -0.424 e. The van der Waals surface area contributed by atoms with E-state index in [2.05, 4.69) is 51.8 Å². The zero-order valence-corrected chi connectivity index (χ0v) is 16.8. The lowest BCUT2D eigenvalue weighted by molar-refractivity contribution is 0.0636. The van der Waals surface area contributed by atoms with Crippen LogP contribution in [0.2, 0.25) is 0 Å². The van der Waals surface area contributed by atoms with E-state index in [0.717, 1.165) is 44.9 Å². The smallest absolute Gasteiger partial charge is 0.321 e. The number of ether oxygens (including phenoxy) is 1. The molecule has 2 aromatic rings. The fraction of sp³-hybridized carbons (Fsp3) is 0.455. The van der Waals surface area contributed by atoms with Gasteiger partial charge in [0.1, 0.15) is 5.75 Å². The molecule has 1 fully saturated rings. The monoisotopic (exact) mass is 382 g/mol. The van der Waals surface area contributed by atoms with E-state index in [1.165, 1.54) is 11.1 Å². The number of allylic oxidation sites excluding steroid dienone is 1. The molecule has 0 radical (unpaired) electrons.